The van der Waals surface area contributed by atoms with Crippen LogP contribution in [0.5, 0.6) is 0 Å². The van der Waals surface area contributed by atoms with Crippen molar-refractivity contribution in [2.24, 2.45) is 4.99 Å². The van der Waals surface area contributed by atoms with Crippen LogP contribution < -0.4 is 5.32 Å². The zero-order valence-electron chi connectivity index (χ0n) is 12.3. The van der Waals surface area contributed by atoms with Crippen LogP contribution in [0.25, 0.3) is 0 Å². The summed E-state index contributed by atoms with van der Waals surface area (Å²) >= 11 is 1.12. The standard InChI is InChI=1S/C14H14F3N3O2S/c1-18-13-20(2)12(22)10(23-13)7-11(21)19-9-6-4-3-5-8(9)14(15,16)17/h3-6,10H,7H2,1-2H3,(H,19,21)/t10-/m0/s1. The lowest BCUT2D eigenvalue weighted by Crippen LogP contribution is -2.30. The van der Waals surface area contributed by atoms with Gasteiger partial charge in [0.1, 0.15) is 5.25 Å². The van der Waals surface area contributed by atoms with Gasteiger partial charge in [0, 0.05) is 20.5 Å². The fourth-order valence-corrected chi connectivity index (χ4v) is 3.21. The van der Waals surface area contributed by atoms with Crippen LogP contribution >= 0.6 is 11.8 Å². The highest BCUT2D eigenvalue weighted by Gasteiger charge is 2.37. The maximum absolute atomic E-state index is 12.9. The van der Waals surface area contributed by atoms with Crippen LogP contribution in [0, 0.1) is 0 Å². The van der Waals surface area contributed by atoms with Gasteiger partial charge in [-0.3, -0.25) is 19.5 Å². The number of carbonyl (C=O) groups excluding carboxylic acids is 2. The number of alkyl halides is 3. The summed E-state index contributed by atoms with van der Waals surface area (Å²) in [5.41, 5.74) is -1.25. The van der Waals surface area contributed by atoms with Crippen LogP contribution in [-0.4, -0.2) is 41.2 Å². The molecule has 1 aliphatic heterocycles. The highest BCUT2D eigenvalue weighted by Crippen LogP contribution is 2.35. The van der Waals surface area contributed by atoms with Gasteiger partial charge in [-0.2, -0.15) is 13.2 Å². The van der Waals surface area contributed by atoms with Crippen LogP contribution in [0.15, 0.2) is 29.3 Å². The molecule has 0 aliphatic carbocycles. The molecule has 0 unspecified atom stereocenters. The molecule has 9 heteroatoms. The number of nitrogens with zero attached hydrogens (tertiary/aromatic N) is 2. The molecule has 1 fully saturated rings. The van der Waals surface area contributed by atoms with Gasteiger partial charge in [-0.1, -0.05) is 23.9 Å². The van der Waals surface area contributed by atoms with E-state index in [-0.39, 0.29) is 18.0 Å². The monoisotopic (exact) mass is 345 g/mol. The van der Waals surface area contributed by atoms with E-state index in [0.717, 1.165) is 17.8 Å². The Labute approximate surface area is 134 Å². The summed E-state index contributed by atoms with van der Waals surface area (Å²) in [7, 11) is 3.06. The quantitative estimate of drug-likeness (QED) is 0.916. The highest BCUT2D eigenvalue weighted by molar-refractivity contribution is 8.15. The molecule has 2 rings (SSSR count). The second kappa shape index (κ2) is 6.61. The first-order valence-electron chi connectivity index (χ1n) is 6.61. The number of aliphatic imine (C=N–C) groups is 1. The predicted molar refractivity (Wildman–Crippen MR) is 82.2 cm³/mol. The van der Waals surface area contributed by atoms with Gasteiger partial charge in [0.15, 0.2) is 5.17 Å². The van der Waals surface area contributed by atoms with Crippen molar-refractivity contribution in [2.75, 3.05) is 19.4 Å². The number of amides is 2. The zero-order chi connectivity index (χ0) is 17.2. The molecule has 1 aromatic rings. The molecular formula is C14H14F3N3O2S. The average molecular weight is 345 g/mol. The summed E-state index contributed by atoms with van der Waals surface area (Å²) in [6.45, 7) is 0. The number of rotatable bonds is 3. The molecule has 0 saturated carbocycles. The minimum atomic E-state index is -4.57. The first kappa shape index (κ1) is 17.3. The Hall–Kier alpha value is -2.03. The van der Waals surface area contributed by atoms with E-state index in [2.05, 4.69) is 10.3 Å². The number of amidine groups is 1. The van der Waals surface area contributed by atoms with Crippen molar-refractivity contribution in [3.8, 4) is 0 Å². The molecule has 0 bridgehead atoms. The van der Waals surface area contributed by atoms with E-state index in [1.807, 2.05) is 0 Å². The molecule has 2 amide bonds. The third kappa shape index (κ3) is 3.84. The minimum Gasteiger partial charge on any atom is -0.325 e. The van der Waals surface area contributed by atoms with Gasteiger partial charge in [-0.05, 0) is 12.1 Å². The number of hydrogen-bond acceptors (Lipinski definition) is 4. The van der Waals surface area contributed by atoms with E-state index in [1.54, 1.807) is 0 Å². The van der Waals surface area contributed by atoms with Gasteiger partial charge in [0.25, 0.3) is 0 Å². The van der Waals surface area contributed by atoms with E-state index in [4.69, 9.17) is 0 Å². The maximum Gasteiger partial charge on any atom is 0.418 e. The average Bonchev–Trinajstić information content (AvgIpc) is 2.74. The molecule has 0 aromatic heterocycles. The van der Waals surface area contributed by atoms with E-state index < -0.39 is 22.9 Å². The molecular weight excluding hydrogens is 331 g/mol. The van der Waals surface area contributed by atoms with Gasteiger partial charge in [0.2, 0.25) is 11.8 Å². The molecule has 0 spiro atoms. The summed E-state index contributed by atoms with van der Waals surface area (Å²) in [6, 6.07) is 4.71. The van der Waals surface area contributed by atoms with Gasteiger partial charge in [0.05, 0.1) is 11.3 Å². The Kier molecular flexibility index (Phi) is 4.98. The van der Waals surface area contributed by atoms with Gasteiger partial charge in [-0.15, -0.1) is 0 Å². The molecule has 1 heterocycles. The molecule has 5 nitrogen and oxygen atoms in total. The van der Waals surface area contributed by atoms with Crippen molar-refractivity contribution in [2.45, 2.75) is 17.8 Å². The molecule has 1 aliphatic rings. The Morgan fingerprint density at radius 3 is 2.61 bits per heavy atom. The Morgan fingerprint density at radius 1 is 1.39 bits per heavy atom. The smallest absolute Gasteiger partial charge is 0.325 e. The number of benzene rings is 1. The van der Waals surface area contributed by atoms with E-state index in [1.165, 1.54) is 37.2 Å². The number of para-hydroxylation sites is 1. The van der Waals surface area contributed by atoms with Gasteiger partial charge < -0.3 is 5.32 Å². The van der Waals surface area contributed by atoms with Crippen LogP contribution in [0.2, 0.25) is 0 Å². The van der Waals surface area contributed by atoms with Crippen LogP contribution in [0.3, 0.4) is 0 Å². The van der Waals surface area contributed by atoms with Crippen LogP contribution in [-0.2, 0) is 15.8 Å². The second-order valence-corrected chi connectivity index (χ2v) is 5.98. The predicted octanol–water partition coefficient (Wildman–Crippen LogP) is 2.59. The lowest BCUT2D eigenvalue weighted by Gasteiger charge is -2.14. The fourth-order valence-electron chi connectivity index (χ4n) is 2.11. The Balaban J connectivity index is 2.09. The first-order chi connectivity index (χ1) is 10.7. The summed E-state index contributed by atoms with van der Waals surface area (Å²) in [4.78, 5) is 29.2. The number of anilines is 1. The fraction of sp³-hybridized carbons (Fsp3) is 0.357. The summed E-state index contributed by atoms with van der Waals surface area (Å²) in [6.07, 6.45) is -4.79. The maximum atomic E-state index is 12.9. The normalized spacial score (nSPS) is 20.2. The molecule has 124 valence electrons. The van der Waals surface area contributed by atoms with Crippen molar-refractivity contribution in [1.82, 2.24) is 4.90 Å². The second-order valence-electron chi connectivity index (χ2n) is 4.81. The number of halogens is 3. The zero-order valence-corrected chi connectivity index (χ0v) is 13.2. The van der Waals surface area contributed by atoms with Crippen molar-refractivity contribution < 1.29 is 22.8 Å². The van der Waals surface area contributed by atoms with E-state index in [0.29, 0.717) is 5.17 Å². The molecule has 1 atom stereocenters. The number of hydrogen-bond donors (Lipinski definition) is 1. The third-order valence-electron chi connectivity index (χ3n) is 3.21. The van der Waals surface area contributed by atoms with E-state index >= 15 is 0 Å². The summed E-state index contributed by atoms with van der Waals surface area (Å²) in [5.74, 6) is -0.951. The Morgan fingerprint density at radius 2 is 2.04 bits per heavy atom. The van der Waals surface area contributed by atoms with Crippen molar-refractivity contribution in [3.63, 3.8) is 0 Å². The first-order valence-corrected chi connectivity index (χ1v) is 7.49. The van der Waals surface area contributed by atoms with E-state index in [9.17, 15) is 22.8 Å². The van der Waals surface area contributed by atoms with Gasteiger partial charge in [-0.25, -0.2) is 0 Å². The lowest BCUT2D eigenvalue weighted by molar-refractivity contribution is -0.137. The summed E-state index contributed by atoms with van der Waals surface area (Å²) < 4.78 is 38.6. The van der Waals surface area contributed by atoms with Crippen molar-refractivity contribution in [1.29, 1.82) is 0 Å². The van der Waals surface area contributed by atoms with Crippen LogP contribution in [0.4, 0.5) is 18.9 Å². The Bertz CT molecular complexity index is 661. The van der Waals surface area contributed by atoms with Crippen molar-refractivity contribution >= 4 is 34.4 Å². The summed E-state index contributed by atoms with van der Waals surface area (Å²) in [5, 5.41) is 2.02. The minimum absolute atomic E-state index is 0.223. The van der Waals surface area contributed by atoms with Gasteiger partial charge >= 0.3 is 6.18 Å². The number of carbonyl (C=O) groups is 2. The molecule has 0 radical (unpaired) electrons. The molecule has 1 aromatic carbocycles. The largest absolute Gasteiger partial charge is 0.418 e. The van der Waals surface area contributed by atoms with Crippen molar-refractivity contribution in [3.05, 3.63) is 29.8 Å². The SMILES string of the molecule is CN=C1S[C@@H](CC(=O)Nc2ccccc2C(F)(F)F)C(=O)N1C. The third-order valence-corrected chi connectivity index (χ3v) is 4.53. The number of thioether (sulfide) groups is 1. The molecule has 1 N–H and O–H groups in total. The molecule has 23 heavy (non-hydrogen) atoms. The van der Waals surface area contributed by atoms with Crippen LogP contribution in [0.1, 0.15) is 12.0 Å². The topological polar surface area (TPSA) is 61.8 Å². The molecule has 1 saturated heterocycles. The number of nitrogens with one attached hydrogen (secondary N) is 1. The lowest BCUT2D eigenvalue weighted by atomic mass is 10.1. The highest BCUT2D eigenvalue weighted by atomic mass is 32.2.